The van der Waals surface area contributed by atoms with Crippen molar-refractivity contribution in [1.82, 2.24) is 15.6 Å². The van der Waals surface area contributed by atoms with E-state index in [0.29, 0.717) is 6.54 Å². The number of carbonyl (C=O) groups is 1. The molecule has 1 unspecified atom stereocenters. The highest BCUT2D eigenvalue weighted by Crippen LogP contribution is 2.37. The van der Waals surface area contributed by atoms with Crippen LogP contribution in [0.25, 0.3) is 10.6 Å². The number of rotatable bonds is 4. The highest BCUT2D eigenvalue weighted by atomic mass is 32.1. The van der Waals surface area contributed by atoms with E-state index in [1.165, 1.54) is 0 Å². The zero-order valence-corrected chi connectivity index (χ0v) is 13.5. The number of hydrogen-bond acceptors (Lipinski definition) is 6. The molecule has 2 aliphatic heterocycles. The summed E-state index contributed by atoms with van der Waals surface area (Å²) in [6.45, 7) is 2.79. The standard InChI is InChI=1S/C16H19N3O3S/c20-14-13(16(10-18-14)2-5-21-6-3-16)17-7-12-9-23-15(19-12)11-1-4-22-8-11/h1,4,8-9,13,17H,2-3,5-7,10H2,(H,18,20). The van der Waals surface area contributed by atoms with E-state index in [0.717, 1.165) is 48.9 Å². The maximum absolute atomic E-state index is 12.2. The molecule has 0 bridgehead atoms. The van der Waals surface area contributed by atoms with Crippen LogP contribution < -0.4 is 10.6 Å². The molecule has 2 aromatic heterocycles. The van der Waals surface area contributed by atoms with Crippen LogP contribution in [0, 0.1) is 5.41 Å². The van der Waals surface area contributed by atoms with Gasteiger partial charge in [0.25, 0.3) is 0 Å². The molecule has 0 aromatic carbocycles. The van der Waals surface area contributed by atoms with E-state index in [9.17, 15) is 4.79 Å². The lowest BCUT2D eigenvalue weighted by molar-refractivity contribution is -0.122. The number of nitrogens with zero attached hydrogens (tertiary/aromatic N) is 1. The van der Waals surface area contributed by atoms with Crippen molar-refractivity contribution in [3.05, 3.63) is 29.7 Å². The minimum Gasteiger partial charge on any atom is -0.472 e. The largest absolute Gasteiger partial charge is 0.472 e. The summed E-state index contributed by atoms with van der Waals surface area (Å²) in [6, 6.07) is 1.74. The van der Waals surface area contributed by atoms with Crippen LogP contribution in [0.3, 0.4) is 0 Å². The molecular weight excluding hydrogens is 314 g/mol. The highest BCUT2D eigenvalue weighted by molar-refractivity contribution is 7.13. The van der Waals surface area contributed by atoms with Gasteiger partial charge in [0.05, 0.1) is 18.0 Å². The third-order valence-corrected chi connectivity index (χ3v) is 5.73. The zero-order chi connectivity index (χ0) is 15.7. The van der Waals surface area contributed by atoms with Crippen molar-refractivity contribution >= 4 is 17.2 Å². The van der Waals surface area contributed by atoms with Crippen LogP contribution in [0.2, 0.25) is 0 Å². The minimum atomic E-state index is -0.162. The Hall–Kier alpha value is -1.70. The lowest BCUT2D eigenvalue weighted by atomic mass is 9.76. The second-order valence-corrected chi connectivity index (χ2v) is 7.02. The Balaban J connectivity index is 1.44. The molecule has 4 heterocycles. The number of hydrogen-bond donors (Lipinski definition) is 2. The molecule has 122 valence electrons. The predicted octanol–water partition coefficient (Wildman–Crippen LogP) is 1.79. The van der Waals surface area contributed by atoms with E-state index < -0.39 is 0 Å². The van der Waals surface area contributed by atoms with Crippen molar-refractivity contribution < 1.29 is 13.9 Å². The van der Waals surface area contributed by atoms with Crippen molar-refractivity contribution in [3.63, 3.8) is 0 Å². The molecule has 7 heteroatoms. The number of amides is 1. The molecule has 2 N–H and O–H groups in total. The maximum Gasteiger partial charge on any atom is 0.237 e. The van der Waals surface area contributed by atoms with Gasteiger partial charge in [-0.25, -0.2) is 4.98 Å². The first kappa shape index (κ1) is 14.9. The fraction of sp³-hybridized carbons (Fsp3) is 0.500. The average molecular weight is 333 g/mol. The van der Waals surface area contributed by atoms with E-state index in [-0.39, 0.29) is 17.4 Å². The predicted molar refractivity (Wildman–Crippen MR) is 85.9 cm³/mol. The fourth-order valence-electron chi connectivity index (χ4n) is 3.41. The molecule has 2 aromatic rings. The summed E-state index contributed by atoms with van der Waals surface area (Å²) in [7, 11) is 0. The first-order valence-corrected chi connectivity index (χ1v) is 8.71. The molecule has 6 nitrogen and oxygen atoms in total. The van der Waals surface area contributed by atoms with Crippen LogP contribution in [-0.4, -0.2) is 36.7 Å². The molecule has 4 rings (SSSR count). The number of furan rings is 1. The average Bonchev–Trinajstić information content (AvgIpc) is 3.29. The fourth-order valence-corrected chi connectivity index (χ4v) is 4.22. The Morgan fingerprint density at radius 3 is 3.09 bits per heavy atom. The Morgan fingerprint density at radius 1 is 1.43 bits per heavy atom. The van der Waals surface area contributed by atoms with Crippen molar-refractivity contribution in [3.8, 4) is 10.6 Å². The van der Waals surface area contributed by atoms with E-state index in [1.54, 1.807) is 23.9 Å². The summed E-state index contributed by atoms with van der Waals surface area (Å²) < 4.78 is 10.6. The molecule has 1 amide bonds. The molecule has 2 fully saturated rings. The van der Waals surface area contributed by atoms with Crippen molar-refractivity contribution in [2.24, 2.45) is 5.41 Å². The van der Waals surface area contributed by atoms with Gasteiger partial charge < -0.3 is 14.5 Å². The second-order valence-electron chi connectivity index (χ2n) is 6.16. The van der Waals surface area contributed by atoms with Gasteiger partial charge in [0, 0.05) is 42.7 Å². The molecule has 0 saturated carbocycles. The second kappa shape index (κ2) is 6.07. The summed E-state index contributed by atoms with van der Waals surface area (Å²) >= 11 is 1.59. The lowest BCUT2D eigenvalue weighted by Crippen LogP contribution is -2.49. The summed E-state index contributed by atoms with van der Waals surface area (Å²) in [5, 5.41) is 9.39. The third-order valence-electron chi connectivity index (χ3n) is 4.79. The normalized spacial score (nSPS) is 23.3. The van der Waals surface area contributed by atoms with Gasteiger partial charge in [-0.2, -0.15) is 0 Å². The quantitative estimate of drug-likeness (QED) is 0.892. The van der Waals surface area contributed by atoms with Crippen molar-refractivity contribution in [2.45, 2.75) is 25.4 Å². The Morgan fingerprint density at radius 2 is 2.30 bits per heavy atom. The van der Waals surface area contributed by atoms with Gasteiger partial charge in [-0.1, -0.05) is 0 Å². The first-order valence-electron chi connectivity index (χ1n) is 7.83. The Bertz CT molecular complexity index is 677. The number of carbonyl (C=O) groups excluding carboxylic acids is 1. The number of aromatic nitrogens is 1. The van der Waals surface area contributed by atoms with Gasteiger partial charge in [0.2, 0.25) is 5.91 Å². The Kier molecular flexibility index (Phi) is 3.92. The molecule has 1 atom stereocenters. The number of thiazole rings is 1. The summed E-state index contributed by atoms with van der Waals surface area (Å²) in [5.74, 6) is 0.0946. The van der Waals surface area contributed by atoms with E-state index in [1.807, 2.05) is 11.4 Å². The molecule has 2 saturated heterocycles. The topological polar surface area (TPSA) is 76.4 Å². The van der Waals surface area contributed by atoms with Gasteiger partial charge >= 0.3 is 0 Å². The van der Waals surface area contributed by atoms with Crippen molar-refractivity contribution in [2.75, 3.05) is 19.8 Å². The van der Waals surface area contributed by atoms with Crippen LogP contribution in [0.15, 0.2) is 28.4 Å². The molecule has 1 spiro atoms. The SMILES string of the molecule is O=C1NCC2(CCOCC2)C1NCc1csc(-c2ccoc2)n1. The monoisotopic (exact) mass is 333 g/mol. The smallest absolute Gasteiger partial charge is 0.237 e. The summed E-state index contributed by atoms with van der Waals surface area (Å²) in [5.41, 5.74) is 1.92. The number of ether oxygens (including phenoxy) is 1. The summed E-state index contributed by atoms with van der Waals surface area (Å²) in [4.78, 5) is 16.8. The third kappa shape index (κ3) is 2.80. The van der Waals surface area contributed by atoms with Gasteiger partial charge in [0.1, 0.15) is 11.3 Å². The lowest BCUT2D eigenvalue weighted by Gasteiger charge is -2.36. The molecule has 0 aliphatic carbocycles. The van der Waals surface area contributed by atoms with Crippen LogP contribution in [0.4, 0.5) is 0 Å². The van der Waals surface area contributed by atoms with Crippen LogP contribution in [0.5, 0.6) is 0 Å². The van der Waals surface area contributed by atoms with Gasteiger partial charge in [-0.15, -0.1) is 11.3 Å². The molecular formula is C16H19N3O3S. The Labute approximate surface area is 138 Å². The van der Waals surface area contributed by atoms with Crippen LogP contribution in [-0.2, 0) is 16.1 Å². The van der Waals surface area contributed by atoms with Gasteiger partial charge in [-0.3, -0.25) is 10.1 Å². The van der Waals surface area contributed by atoms with E-state index in [4.69, 9.17) is 9.15 Å². The summed E-state index contributed by atoms with van der Waals surface area (Å²) in [6.07, 6.45) is 5.17. The van der Waals surface area contributed by atoms with Gasteiger partial charge in [0.15, 0.2) is 0 Å². The highest BCUT2D eigenvalue weighted by Gasteiger charge is 2.48. The molecule has 2 aliphatic rings. The first-order chi connectivity index (χ1) is 11.3. The molecule has 23 heavy (non-hydrogen) atoms. The van der Waals surface area contributed by atoms with E-state index in [2.05, 4.69) is 15.6 Å². The van der Waals surface area contributed by atoms with Crippen LogP contribution in [0.1, 0.15) is 18.5 Å². The van der Waals surface area contributed by atoms with Crippen LogP contribution >= 0.6 is 11.3 Å². The van der Waals surface area contributed by atoms with Gasteiger partial charge in [-0.05, 0) is 18.9 Å². The van der Waals surface area contributed by atoms with E-state index >= 15 is 0 Å². The molecule has 0 radical (unpaired) electrons. The maximum atomic E-state index is 12.2. The van der Waals surface area contributed by atoms with Crippen molar-refractivity contribution in [1.29, 1.82) is 0 Å². The minimum absolute atomic E-state index is 0.0151. The number of nitrogens with one attached hydrogen (secondary N) is 2. The zero-order valence-electron chi connectivity index (χ0n) is 12.7.